The van der Waals surface area contributed by atoms with E-state index in [0.717, 1.165) is 12.8 Å². The quantitative estimate of drug-likeness (QED) is 0.391. The third-order valence-corrected chi connectivity index (χ3v) is 10.7. The molecule has 11 heteroatoms. The van der Waals surface area contributed by atoms with E-state index in [1.165, 1.54) is 22.6 Å². The minimum Gasteiger partial charge on any atom is -0.338 e. The van der Waals surface area contributed by atoms with Crippen LogP contribution < -0.4 is 5.32 Å². The van der Waals surface area contributed by atoms with Gasteiger partial charge in [0.25, 0.3) is 11.8 Å². The maximum absolute atomic E-state index is 13.6. The standard InChI is InChI=1S/C33H35ClN4O5S/c1-44(42,43)26-13-11-23(12-14-26)19-38-31(40)33(35-32(38)41)15-17-36(18-16-33)20-25-21-37(22-28(25)24-7-3-2-4-8-24)30(39)27-9-5-6-10-29(27)34/h2-14,25,28H,15-22H2,1H3,(H,35,41)/t25-,28+/m0/s1. The second-order valence-corrected chi connectivity index (χ2v) is 14.5. The molecule has 3 aliphatic heterocycles. The third-order valence-electron chi connectivity index (χ3n) is 9.20. The first-order valence-electron chi connectivity index (χ1n) is 14.8. The summed E-state index contributed by atoms with van der Waals surface area (Å²) in [5.41, 5.74) is 1.44. The Morgan fingerprint density at radius 1 is 0.932 bits per heavy atom. The fraction of sp³-hybridized carbons (Fsp3) is 0.364. The molecule has 1 N–H and O–H groups in total. The van der Waals surface area contributed by atoms with E-state index in [2.05, 4.69) is 22.3 Å². The number of carbonyl (C=O) groups is 3. The number of urea groups is 1. The summed E-state index contributed by atoms with van der Waals surface area (Å²) in [6.45, 7) is 3.33. The molecule has 0 aromatic heterocycles. The minimum atomic E-state index is -3.34. The molecular formula is C33H35ClN4O5S. The van der Waals surface area contributed by atoms with Gasteiger partial charge in [-0.25, -0.2) is 13.2 Å². The van der Waals surface area contributed by atoms with E-state index in [0.29, 0.717) is 55.2 Å². The summed E-state index contributed by atoms with van der Waals surface area (Å²) in [4.78, 5) is 45.6. The topological polar surface area (TPSA) is 107 Å². The number of piperidine rings is 1. The zero-order chi connectivity index (χ0) is 31.1. The van der Waals surface area contributed by atoms with E-state index >= 15 is 0 Å². The highest BCUT2D eigenvalue weighted by Crippen LogP contribution is 2.37. The largest absolute Gasteiger partial charge is 0.338 e. The van der Waals surface area contributed by atoms with Gasteiger partial charge >= 0.3 is 6.03 Å². The van der Waals surface area contributed by atoms with E-state index in [4.69, 9.17) is 11.6 Å². The number of nitrogens with zero attached hydrogens (tertiary/aromatic N) is 3. The predicted molar refractivity (Wildman–Crippen MR) is 167 cm³/mol. The number of rotatable bonds is 7. The summed E-state index contributed by atoms with van der Waals surface area (Å²) in [7, 11) is -3.34. The van der Waals surface area contributed by atoms with Crippen LogP contribution in [0.2, 0.25) is 5.02 Å². The van der Waals surface area contributed by atoms with Crippen molar-refractivity contribution in [3.05, 3.63) is 101 Å². The van der Waals surface area contributed by atoms with Gasteiger partial charge in [-0.05, 0) is 54.2 Å². The number of hydrogen-bond donors (Lipinski definition) is 1. The van der Waals surface area contributed by atoms with Crippen molar-refractivity contribution in [3.63, 3.8) is 0 Å². The Balaban J connectivity index is 1.11. The minimum absolute atomic E-state index is 0.0676. The second kappa shape index (κ2) is 12.0. The normalized spacial score (nSPS) is 22.0. The van der Waals surface area contributed by atoms with Crippen LogP contribution in [0.5, 0.6) is 0 Å². The predicted octanol–water partition coefficient (Wildman–Crippen LogP) is 4.19. The molecule has 3 aromatic rings. The molecule has 230 valence electrons. The smallest absolute Gasteiger partial charge is 0.325 e. The lowest BCUT2D eigenvalue weighted by molar-refractivity contribution is -0.133. The number of hydrogen-bond acceptors (Lipinski definition) is 6. The highest BCUT2D eigenvalue weighted by molar-refractivity contribution is 7.90. The second-order valence-electron chi connectivity index (χ2n) is 12.1. The summed E-state index contributed by atoms with van der Waals surface area (Å²) in [5.74, 6) is 0.0462. The summed E-state index contributed by atoms with van der Waals surface area (Å²) >= 11 is 6.36. The molecule has 4 amide bonds. The van der Waals surface area contributed by atoms with Gasteiger partial charge in [0, 0.05) is 44.9 Å². The monoisotopic (exact) mass is 634 g/mol. The molecule has 3 heterocycles. The van der Waals surface area contributed by atoms with Crippen LogP contribution in [0.25, 0.3) is 0 Å². The molecule has 3 aliphatic rings. The van der Waals surface area contributed by atoms with Crippen molar-refractivity contribution in [3.8, 4) is 0 Å². The van der Waals surface area contributed by atoms with Crippen LogP contribution in [0, 0.1) is 5.92 Å². The Labute approximate surface area is 262 Å². The fourth-order valence-electron chi connectivity index (χ4n) is 6.74. The number of halogens is 1. The summed E-state index contributed by atoms with van der Waals surface area (Å²) < 4.78 is 23.6. The lowest BCUT2D eigenvalue weighted by Gasteiger charge is -2.38. The van der Waals surface area contributed by atoms with Crippen molar-refractivity contribution in [2.75, 3.05) is 39.0 Å². The maximum atomic E-state index is 13.6. The molecule has 9 nitrogen and oxygen atoms in total. The van der Waals surface area contributed by atoms with Crippen molar-refractivity contribution in [1.82, 2.24) is 20.0 Å². The number of sulfone groups is 1. The number of imide groups is 1. The van der Waals surface area contributed by atoms with Gasteiger partial charge in [0.2, 0.25) is 0 Å². The summed E-state index contributed by atoms with van der Waals surface area (Å²) in [6.07, 6.45) is 2.12. The van der Waals surface area contributed by atoms with E-state index in [-0.39, 0.29) is 35.1 Å². The maximum Gasteiger partial charge on any atom is 0.325 e. The van der Waals surface area contributed by atoms with E-state index < -0.39 is 21.4 Å². The summed E-state index contributed by atoms with van der Waals surface area (Å²) in [5, 5.41) is 3.41. The molecule has 0 aliphatic carbocycles. The molecule has 2 atom stereocenters. The van der Waals surface area contributed by atoms with Crippen LogP contribution in [-0.4, -0.2) is 85.5 Å². The average molecular weight is 635 g/mol. The van der Waals surface area contributed by atoms with Crippen LogP contribution >= 0.6 is 11.6 Å². The average Bonchev–Trinajstić information content (AvgIpc) is 3.53. The Morgan fingerprint density at radius 2 is 1.59 bits per heavy atom. The van der Waals surface area contributed by atoms with Crippen molar-refractivity contribution >= 4 is 39.3 Å². The Hall–Kier alpha value is -3.73. The van der Waals surface area contributed by atoms with Crippen LogP contribution in [0.15, 0.2) is 83.8 Å². The molecule has 0 bridgehead atoms. The molecule has 0 unspecified atom stereocenters. The molecule has 3 saturated heterocycles. The number of benzene rings is 3. The fourth-order valence-corrected chi connectivity index (χ4v) is 7.58. The first-order chi connectivity index (χ1) is 21.0. The van der Waals surface area contributed by atoms with E-state index in [1.54, 1.807) is 24.3 Å². The van der Waals surface area contributed by atoms with Gasteiger partial charge in [0.1, 0.15) is 5.54 Å². The lowest BCUT2D eigenvalue weighted by atomic mass is 9.85. The van der Waals surface area contributed by atoms with Crippen LogP contribution in [0.3, 0.4) is 0 Å². The lowest BCUT2D eigenvalue weighted by Crippen LogP contribution is -2.55. The number of nitrogens with one attached hydrogen (secondary N) is 1. The Bertz CT molecular complexity index is 1670. The van der Waals surface area contributed by atoms with Gasteiger partial charge in [0.05, 0.1) is 22.0 Å². The number of carbonyl (C=O) groups excluding carboxylic acids is 3. The molecule has 3 aromatic carbocycles. The molecule has 3 fully saturated rings. The number of amides is 4. The Morgan fingerprint density at radius 3 is 2.25 bits per heavy atom. The molecule has 1 spiro atoms. The first kappa shape index (κ1) is 30.3. The Kier molecular flexibility index (Phi) is 8.26. The molecule has 44 heavy (non-hydrogen) atoms. The van der Waals surface area contributed by atoms with Gasteiger partial charge < -0.3 is 15.1 Å². The van der Waals surface area contributed by atoms with Crippen molar-refractivity contribution in [1.29, 1.82) is 0 Å². The van der Waals surface area contributed by atoms with E-state index in [1.807, 2.05) is 35.2 Å². The molecule has 6 rings (SSSR count). The van der Waals surface area contributed by atoms with Crippen LogP contribution in [0.1, 0.15) is 40.2 Å². The van der Waals surface area contributed by atoms with Crippen molar-refractivity contribution in [2.45, 2.75) is 35.7 Å². The summed E-state index contributed by atoms with van der Waals surface area (Å²) in [6, 6.07) is 23.2. The molecule has 0 saturated carbocycles. The van der Waals surface area contributed by atoms with Crippen molar-refractivity contribution in [2.24, 2.45) is 5.92 Å². The number of likely N-dealkylation sites (tertiary alicyclic amines) is 2. The molecule has 0 radical (unpaired) electrons. The van der Waals surface area contributed by atoms with Gasteiger partial charge in [-0.3, -0.25) is 14.5 Å². The van der Waals surface area contributed by atoms with Gasteiger partial charge in [-0.2, -0.15) is 0 Å². The van der Waals surface area contributed by atoms with Crippen LogP contribution in [0.4, 0.5) is 4.79 Å². The van der Waals surface area contributed by atoms with Crippen LogP contribution in [-0.2, 0) is 21.2 Å². The van der Waals surface area contributed by atoms with Crippen molar-refractivity contribution < 1.29 is 22.8 Å². The van der Waals surface area contributed by atoms with Gasteiger partial charge in [-0.1, -0.05) is 66.2 Å². The highest BCUT2D eigenvalue weighted by atomic mass is 35.5. The highest BCUT2D eigenvalue weighted by Gasteiger charge is 2.52. The zero-order valence-corrected chi connectivity index (χ0v) is 26.1. The zero-order valence-electron chi connectivity index (χ0n) is 24.5. The SMILES string of the molecule is CS(=O)(=O)c1ccc(CN2C(=O)NC3(CCN(C[C@H]4CN(C(=O)c5ccccc5Cl)C[C@@H]4c4ccccc4)CC3)C2=O)cc1. The van der Waals surface area contributed by atoms with E-state index in [9.17, 15) is 22.8 Å². The molecular weight excluding hydrogens is 600 g/mol. The van der Waals surface area contributed by atoms with Gasteiger partial charge in [0.15, 0.2) is 9.84 Å². The van der Waals surface area contributed by atoms with Gasteiger partial charge in [-0.15, -0.1) is 0 Å². The third kappa shape index (κ3) is 5.98. The first-order valence-corrected chi connectivity index (χ1v) is 17.1.